The van der Waals surface area contributed by atoms with Crippen molar-refractivity contribution < 1.29 is 23.2 Å². The molecule has 2 aliphatic heterocycles. The van der Waals surface area contributed by atoms with E-state index in [1.165, 1.54) is 4.57 Å². The molecule has 4 aliphatic rings. The number of hydrogen-bond donors (Lipinski definition) is 0. The molecule has 0 unspecified atom stereocenters. The van der Waals surface area contributed by atoms with E-state index in [1.54, 1.807) is 11.6 Å². The van der Waals surface area contributed by atoms with Crippen molar-refractivity contribution in [1.29, 1.82) is 0 Å². The maximum atomic E-state index is 15.1. The molecule has 2 aliphatic carbocycles. The molecule has 3 aromatic rings. The number of carbonyl (C=O) groups is 1. The summed E-state index contributed by atoms with van der Waals surface area (Å²) in [7, 11) is 3.59. The van der Waals surface area contributed by atoms with Crippen LogP contribution in [-0.2, 0) is 28.4 Å². The van der Waals surface area contributed by atoms with Crippen molar-refractivity contribution in [3.8, 4) is 17.5 Å². The van der Waals surface area contributed by atoms with Gasteiger partial charge in [0, 0.05) is 32.2 Å². The van der Waals surface area contributed by atoms with Crippen LogP contribution in [0, 0.1) is 0 Å². The number of likely N-dealkylation sites (tertiary alicyclic amines) is 1. The summed E-state index contributed by atoms with van der Waals surface area (Å²) in [4.78, 5) is 38.6. The average Bonchev–Trinajstić information content (AvgIpc) is 3.78. The van der Waals surface area contributed by atoms with Crippen LogP contribution in [0.25, 0.3) is 22.7 Å². The topological polar surface area (TPSA) is 118 Å². The standard InChI is InChI=1S/C30H39FN6O5/c1-4-20(22-19(31)10-14-35(22)2)41-28-23-27(37(29(39)36(23)3)17-11-15-40-16-17)32-26(33-28)24-18-8-7-13-30(25(18)34-42-24)12-6-5-9-21(30)38/h17,19-20,22H,4-16H2,1-3H3/t17-,19-,20+,22+,30-/m1/s1. The van der Waals surface area contributed by atoms with Crippen molar-refractivity contribution >= 4 is 16.9 Å². The Morgan fingerprint density at radius 3 is 2.67 bits per heavy atom. The van der Waals surface area contributed by atoms with Gasteiger partial charge in [-0.1, -0.05) is 18.5 Å². The number of ketones is 1. The number of ether oxygens (including phenoxy) is 2. The molecule has 0 bridgehead atoms. The number of hydrogen-bond acceptors (Lipinski definition) is 9. The van der Waals surface area contributed by atoms with Crippen molar-refractivity contribution in [1.82, 2.24) is 29.2 Å². The lowest BCUT2D eigenvalue weighted by molar-refractivity contribution is -0.127. The molecule has 0 N–H and O–H groups in total. The lowest BCUT2D eigenvalue weighted by atomic mass is 9.64. The number of aryl methyl sites for hydroxylation is 1. The highest BCUT2D eigenvalue weighted by Gasteiger charge is 2.48. The first-order valence-corrected chi connectivity index (χ1v) is 15.4. The van der Waals surface area contributed by atoms with Gasteiger partial charge >= 0.3 is 5.69 Å². The minimum Gasteiger partial charge on any atom is -0.471 e. The van der Waals surface area contributed by atoms with Gasteiger partial charge in [-0.15, -0.1) is 0 Å². The first-order valence-electron chi connectivity index (χ1n) is 15.4. The fourth-order valence-corrected chi connectivity index (χ4v) is 7.83. The monoisotopic (exact) mass is 582 g/mol. The van der Waals surface area contributed by atoms with Crippen LogP contribution in [0.3, 0.4) is 0 Å². The molecule has 0 amide bonds. The normalized spacial score (nSPS) is 29.0. The molecule has 42 heavy (non-hydrogen) atoms. The third kappa shape index (κ3) is 4.16. The molecule has 2 saturated heterocycles. The number of nitrogens with zero attached hydrogens (tertiary/aromatic N) is 6. The highest BCUT2D eigenvalue weighted by molar-refractivity contribution is 5.91. The Bertz CT molecular complexity index is 1560. The zero-order valence-corrected chi connectivity index (χ0v) is 24.6. The van der Waals surface area contributed by atoms with E-state index in [2.05, 4.69) is 5.16 Å². The quantitative estimate of drug-likeness (QED) is 0.429. The van der Waals surface area contributed by atoms with Gasteiger partial charge in [-0.2, -0.15) is 4.98 Å². The van der Waals surface area contributed by atoms with Crippen LogP contribution >= 0.6 is 0 Å². The maximum absolute atomic E-state index is 15.1. The van der Waals surface area contributed by atoms with Gasteiger partial charge in [0.1, 0.15) is 23.8 Å². The fraction of sp³-hybridized carbons (Fsp3) is 0.700. The third-order valence-electron chi connectivity index (χ3n) is 10.1. The SMILES string of the molecule is CC[C@H](Oc1nc(-c2onc3c2CCC[C@@]32CCCCC2=O)nc2c1n(C)c(=O)n2[C@@H]1CCOC1)[C@@H]1[C@H](F)CCN1C. The molecule has 0 aromatic carbocycles. The Morgan fingerprint density at radius 2 is 1.95 bits per heavy atom. The molecule has 1 spiro atoms. The Kier molecular flexibility index (Phi) is 6.96. The first kappa shape index (κ1) is 27.7. The second-order valence-electron chi connectivity index (χ2n) is 12.5. The number of alkyl halides is 1. The first-order chi connectivity index (χ1) is 20.3. The molecule has 3 aromatic heterocycles. The van der Waals surface area contributed by atoms with E-state index in [-0.39, 0.29) is 29.2 Å². The number of fused-ring (bicyclic) bond motifs is 3. The van der Waals surface area contributed by atoms with Gasteiger partial charge in [-0.25, -0.2) is 14.2 Å². The van der Waals surface area contributed by atoms with Gasteiger partial charge in [-0.3, -0.25) is 18.8 Å². The number of imidazole rings is 1. The molecule has 11 nitrogen and oxygen atoms in total. The summed E-state index contributed by atoms with van der Waals surface area (Å²) in [5.74, 6) is 1.13. The Labute approximate surface area is 243 Å². The van der Waals surface area contributed by atoms with Crippen molar-refractivity contribution in [2.75, 3.05) is 26.8 Å². The molecule has 3 fully saturated rings. The van der Waals surface area contributed by atoms with E-state index in [0.717, 1.165) is 37.7 Å². The zero-order chi connectivity index (χ0) is 29.2. The summed E-state index contributed by atoms with van der Waals surface area (Å²) in [6.45, 7) is 3.59. The van der Waals surface area contributed by atoms with E-state index in [4.69, 9.17) is 24.0 Å². The molecule has 226 valence electrons. The van der Waals surface area contributed by atoms with E-state index < -0.39 is 23.7 Å². The van der Waals surface area contributed by atoms with Crippen LogP contribution in [0.2, 0.25) is 0 Å². The fourth-order valence-electron chi connectivity index (χ4n) is 7.83. The lowest BCUT2D eigenvalue weighted by Gasteiger charge is -2.37. The molecule has 7 rings (SSSR count). The predicted octanol–water partition coefficient (Wildman–Crippen LogP) is 3.66. The van der Waals surface area contributed by atoms with Crippen LogP contribution in [0.5, 0.6) is 5.88 Å². The number of Topliss-reactive ketones (excluding diaryl/α,β-unsaturated/α-hetero) is 1. The second-order valence-corrected chi connectivity index (χ2v) is 12.5. The van der Waals surface area contributed by atoms with Gasteiger partial charge < -0.3 is 14.0 Å². The van der Waals surface area contributed by atoms with Gasteiger partial charge in [0.05, 0.1) is 24.1 Å². The summed E-state index contributed by atoms with van der Waals surface area (Å²) in [5.41, 5.74) is 1.61. The van der Waals surface area contributed by atoms with E-state index in [0.29, 0.717) is 74.5 Å². The van der Waals surface area contributed by atoms with Crippen molar-refractivity contribution in [3.05, 3.63) is 21.7 Å². The average molecular weight is 583 g/mol. The lowest BCUT2D eigenvalue weighted by Crippen LogP contribution is -2.44. The van der Waals surface area contributed by atoms with Crippen LogP contribution < -0.4 is 10.4 Å². The van der Waals surface area contributed by atoms with Gasteiger partial charge in [-0.05, 0) is 58.4 Å². The summed E-state index contributed by atoms with van der Waals surface area (Å²) in [5, 5.41) is 4.49. The van der Waals surface area contributed by atoms with Crippen LogP contribution in [-0.4, -0.2) is 80.1 Å². The molecule has 5 heterocycles. The van der Waals surface area contributed by atoms with Crippen LogP contribution in [0.1, 0.15) is 82.0 Å². The number of likely N-dealkylation sites (N-methyl/N-ethyl adjacent to an activating group) is 1. The maximum Gasteiger partial charge on any atom is 0.330 e. The predicted molar refractivity (Wildman–Crippen MR) is 151 cm³/mol. The van der Waals surface area contributed by atoms with Crippen LogP contribution in [0.4, 0.5) is 4.39 Å². The smallest absolute Gasteiger partial charge is 0.330 e. The highest BCUT2D eigenvalue weighted by atomic mass is 19.1. The van der Waals surface area contributed by atoms with E-state index in [9.17, 15) is 9.59 Å². The van der Waals surface area contributed by atoms with Crippen molar-refractivity contribution in [2.45, 2.75) is 101 Å². The van der Waals surface area contributed by atoms with Gasteiger partial charge in [0.2, 0.25) is 17.5 Å². The molecule has 1 saturated carbocycles. The van der Waals surface area contributed by atoms with Gasteiger partial charge in [0.15, 0.2) is 11.2 Å². The van der Waals surface area contributed by atoms with Crippen molar-refractivity contribution in [2.24, 2.45) is 7.05 Å². The number of halogens is 1. The Morgan fingerprint density at radius 1 is 1.12 bits per heavy atom. The van der Waals surface area contributed by atoms with E-state index in [1.807, 2.05) is 18.9 Å². The Balaban J connectivity index is 1.40. The highest BCUT2D eigenvalue weighted by Crippen LogP contribution is 2.47. The van der Waals surface area contributed by atoms with E-state index >= 15 is 4.39 Å². The molecule has 12 heteroatoms. The summed E-state index contributed by atoms with van der Waals surface area (Å²) >= 11 is 0. The Hall–Kier alpha value is -3.12. The molecule has 5 atom stereocenters. The molecule has 0 radical (unpaired) electrons. The summed E-state index contributed by atoms with van der Waals surface area (Å²) in [6.07, 6.45) is 5.73. The summed E-state index contributed by atoms with van der Waals surface area (Å²) in [6, 6.07) is -0.609. The molecular weight excluding hydrogens is 543 g/mol. The zero-order valence-electron chi connectivity index (χ0n) is 24.6. The molecular formula is C30H39FN6O5. The number of carbonyl (C=O) groups excluding carboxylic acids is 1. The minimum absolute atomic E-state index is 0.179. The van der Waals surface area contributed by atoms with Gasteiger partial charge in [0.25, 0.3) is 0 Å². The third-order valence-corrected chi connectivity index (χ3v) is 10.1. The minimum atomic E-state index is -1.02. The largest absolute Gasteiger partial charge is 0.471 e. The number of rotatable bonds is 6. The van der Waals surface area contributed by atoms with Crippen molar-refractivity contribution in [3.63, 3.8) is 0 Å². The summed E-state index contributed by atoms with van der Waals surface area (Å²) < 4.78 is 36.4. The second kappa shape index (κ2) is 10.6. The van der Waals surface area contributed by atoms with Crippen LogP contribution in [0.15, 0.2) is 9.32 Å². The number of aromatic nitrogens is 5.